The first-order valence-corrected chi connectivity index (χ1v) is 5.08. The Bertz CT molecular complexity index is 460. The van der Waals surface area contributed by atoms with Gasteiger partial charge in [0.15, 0.2) is 0 Å². The first-order chi connectivity index (χ1) is 8.04. The minimum atomic E-state index is -0.786. The largest absolute Gasteiger partial charge is 0.496 e. The van der Waals surface area contributed by atoms with Crippen LogP contribution in [0.1, 0.15) is 15.9 Å². The number of methoxy groups -OCH3 is 2. The SMILES string of the molecule is COC(=O)c1cc(CCl)c(OC)cc1[N+](=O)[O-]. The molecule has 1 aromatic carbocycles. The van der Waals surface area contributed by atoms with Crippen molar-refractivity contribution in [3.8, 4) is 5.75 Å². The number of carbonyl (C=O) groups excluding carboxylic acids is 1. The third-order valence-electron chi connectivity index (χ3n) is 2.14. The molecule has 0 aliphatic carbocycles. The summed E-state index contributed by atoms with van der Waals surface area (Å²) in [6.45, 7) is 0. The van der Waals surface area contributed by atoms with Crippen LogP contribution in [0.5, 0.6) is 5.75 Å². The predicted octanol–water partition coefficient (Wildman–Crippen LogP) is 2.13. The van der Waals surface area contributed by atoms with Crippen molar-refractivity contribution in [3.05, 3.63) is 33.4 Å². The van der Waals surface area contributed by atoms with Gasteiger partial charge in [-0.2, -0.15) is 0 Å². The lowest BCUT2D eigenvalue weighted by Crippen LogP contribution is -2.07. The first-order valence-electron chi connectivity index (χ1n) is 4.54. The van der Waals surface area contributed by atoms with Gasteiger partial charge in [-0.3, -0.25) is 10.1 Å². The summed E-state index contributed by atoms with van der Waals surface area (Å²) in [5, 5.41) is 10.8. The second-order valence-corrected chi connectivity index (χ2v) is 3.33. The molecule has 0 amide bonds. The molecule has 17 heavy (non-hydrogen) atoms. The monoisotopic (exact) mass is 259 g/mol. The Morgan fingerprint density at radius 2 is 2.12 bits per heavy atom. The van der Waals surface area contributed by atoms with Crippen LogP contribution in [0.15, 0.2) is 12.1 Å². The van der Waals surface area contributed by atoms with Crippen LogP contribution in [0, 0.1) is 10.1 Å². The lowest BCUT2D eigenvalue weighted by atomic mass is 10.1. The van der Waals surface area contributed by atoms with E-state index < -0.39 is 10.9 Å². The molecule has 1 rings (SSSR count). The maximum absolute atomic E-state index is 11.4. The van der Waals surface area contributed by atoms with Crippen LogP contribution in [0.3, 0.4) is 0 Å². The molecule has 0 saturated carbocycles. The predicted molar refractivity (Wildman–Crippen MR) is 60.5 cm³/mol. The van der Waals surface area contributed by atoms with Crippen LogP contribution in [-0.4, -0.2) is 25.1 Å². The molecule has 0 aromatic heterocycles. The van der Waals surface area contributed by atoms with E-state index in [2.05, 4.69) is 4.74 Å². The first kappa shape index (κ1) is 13.2. The Morgan fingerprint density at radius 3 is 2.53 bits per heavy atom. The van der Waals surface area contributed by atoms with E-state index in [0.29, 0.717) is 5.56 Å². The smallest absolute Gasteiger partial charge is 0.344 e. The van der Waals surface area contributed by atoms with E-state index in [-0.39, 0.29) is 22.9 Å². The molecule has 0 fully saturated rings. The standard InChI is InChI=1S/C10H10ClNO5/c1-16-9-4-8(12(14)15)7(10(13)17-2)3-6(9)5-11/h3-4H,5H2,1-2H3. The molecule has 1 aromatic rings. The Hall–Kier alpha value is -1.82. The van der Waals surface area contributed by atoms with Crippen LogP contribution >= 0.6 is 11.6 Å². The number of halogens is 1. The fourth-order valence-corrected chi connectivity index (χ4v) is 1.54. The maximum atomic E-state index is 11.4. The fourth-order valence-electron chi connectivity index (χ4n) is 1.33. The van der Waals surface area contributed by atoms with E-state index in [1.165, 1.54) is 13.2 Å². The fraction of sp³-hybridized carbons (Fsp3) is 0.300. The molecular weight excluding hydrogens is 250 g/mol. The van der Waals surface area contributed by atoms with Crippen molar-refractivity contribution in [2.24, 2.45) is 0 Å². The minimum Gasteiger partial charge on any atom is -0.496 e. The van der Waals surface area contributed by atoms with Crippen LogP contribution in [0.4, 0.5) is 5.69 Å². The summed E-state index contributed by atoms with van der Waals surface area (Å²) < 4.78 is 9.43. The highest BCUT2D eigenvalue weighted by atomic mass is 35.5. The zero-order valence-electron chi connectivity index (χ0n) is 9.23. The Balaban J connectivity index is 3.45. The lowest BCUT2D eigenvalue weighted by Gasteiger charge is -2.08. The van der Waals surface area contributed by atoms with Gasteiger partial charge in [0.2, 0.25) is 0 Å². The average molecular weight is 260 g/mol. The molecule has 0 N–H and O–H groups in total. The molecule has 7 heteroatoms. The number of hydrogen-bond acceptors (Lipinski definition) is 5. The maximum Gasteiger partial charge on any atom is 0.344 e. The van der Waals surface area contributed by atoms with Gasteiger partial charge in [-0.05, 0) is 6.07 Å². The van der Waals surface area contributed by atoms with Gasteiger partial charge in [0.1, 0.15) is 11.3 Å². The van der Waals surface area contributed by atoms with Crippen molar-refractivity contribution >= 4 is 23.3 Å². The number of ether oxygens (including phenoxy) is 2. The van der Waals surface area contributed by atoms with Gasteiger partial charge in [0.25, 0.3) is 5.69 Å². The molecule has 0 unspecified atom stereocenters. The van der Waals surface area contributed by atoms with Gasteiger partial charge >= 0.3 is 5.97 Å². The van der Waals surface area contributed by atoms with Gasteiger partial charge in [0.05, 0.1) is 31.1 Å². The summed E-state index contributed by atoms with van der Waals surface area (Å²) in [7, 11) is 2.52. The van der Waals surface area contributed by atoms with Crippen molar-refractivity contribution in [2.75, 3.05) is 14.2 Å². The Kier molecular flexibility index (Phi) is 4.28. The third kappa shape index (κ3) is 2.65. The summed E-state index contributed by atoms with van der Waals surface area (Å²) in [5.74, 6) is -0.449. The van der Waals surface area contributed by atoms with Gasteiger partial charge in [-0.1, -0.05) is 0 Å². The zero-order valence-corrected chi connectivity index (χ0v) is 9.98. The number of nitro benzene ring substituents is 1. The summed E-state index contributed by atoms with van der Waals surface area (Å²) in [6, 6.07) is 2.46. The molecule has 0 bridgehead atoms. The highest BCUT2D eigenvalue weighted by Gasteiger charge is 2.24. The van der Waals surface area contributed by atoms with Crippen molar-refractivity contribution in [3.63, 3.8) is 0 Å². The van der Waals surface area contributed by atoms with Gasteiger partial charge < -0.3 is 9.47 Å². The molecule has 0 saturated heterocycles. The van der Waals surface area contributed by atoms with Crippen LogP contribution in [-0.2, 0) is 10.6 Å². The molecule has 0 radical (unpaired) electrons. The number of hydrogen-bond donors (Lipinski definition) is 0. The van der Waals surface area contributed by atoms with Crippen molar-refractivity contribution < 1.29 is 19.2 Å². The van der Waals surface area contributed by atoms with Crippen LogP contribution in [0.2, 0.25) is 0 Å². The number of rotatable bonds is 4. The molecule has 6 nitrogen and oxygen atoms in total. The molecule has 0 spiro atoms. The van der Waals surface area contributed by atoms with Gasteiger partial charge in [-0.15, -0.1) is 11.6 Å². The van der Waals surface area contributed by atoms with Crippen molar-refractivity contribution in [2.45, 2.75) is 5.88 Å². The highest BCUT2D eigenvalue weighted by Crippen LogP contribution is 2.30. The number of esters is 1. The summed E-state index contributed by atoms with van der Waals surface area (Å²) in [4.78, 5) is 21.5. The number of nitro groups is 1. The van der Waals surface area contributed by atoms with E-state index in [1.807, 2.05) is 0 Å². The minimum absolute atomic E-state index is 0.0746. The Labute approximate surface area is 102 Å². The summed E-state index contributed by atoms with van der Waals surface area (Å²) in [5.41, 5.74) is -0.0308. The van der Waals surface area contributed by atoms with Gasteiger partial charge in [-0.25, -0.2) is 4.79 Å². The quantitative estimate of drug-likeness (QED) is 0.358. The van der Waals surface area contributed by atoms with E-state index in [4.69, 9.17) is 16.3 Å². The van der Waals surface area contributed by atoms with E-state index in [9.17, 15) is 14.9 Å². The zero-order chi connectivity index (χ0) is 13.0. The molecule has 0 aliphatic heterocycles. The van der Waals surface area contributed by atoms with E-state index >= 15 is 0 Å². The molecule has 92 valence electrons. The number of carbonyl (C=O) groups is 1. The van der Waals surface area contributed by atoms with Crippen LogP contribution < -0.4 is 4.74 Å². The number of nitrogens with zero attached hydrogens (tertiary/aromatic N) is 1. The molecule has 0 heterocycles. The lowest BCUT2D eigenvalue weighted by molar-refractivity contribution is -0.385. The Morgan fingerprint density at radius 1 is 1.47 bits per heavy atom. The number of alkyl halides is 1. The van der Waals surface area contributed by atoms with Crippen molar-refractivity contribution in [1.82, 2.24) is 0 Å². The summed E-state index contributed by atoms with van der Waals surface area (Å²) in [6.07, 6.45) is 0. The van der Waals surface area contributed by atoms with E-state index in [1.54, 1.807) is 0 Å². The van der Waals surface area contributed by atoms with Crippen LogP contribution in [0.25, 0.3) is 0 Å². The molecule has 0 atom stereocenters. The summed E-state index contributed by atoms with van der Waals surface area (Å²) >= 11 is 5.66. The van der Waals surface area contributed by atoms with E-state index in [0.717, 1.165) is 13.2 Å². The molecule has 0 aliphatic rings. The normalized spacial score (nSPS) is 9.82. The average Bonchev–Trinajstić information content (AvgIpc) is 2.35. The molecular formula is C10H10ClNO5. The highest BCUT2D eigenvalue weighted by molar-refractivity contribution is 6.17. The van der Waals surface area contributed by atoms with Gasteiger partial charge in [0, 0.05) is 5.56 Å². The second-order valence-electron chi connectivity index (χ2n) is 3.06. The second kappa shape index (κ2) is 5.49. The number of benzene rings is 1. The third-order valence-corrected chi connectivity index (χ3v) is 2.43. The van der Waals surface area contributed by atoms with Crippen molar-refractivity contribution in [1.29, 1.82) is 0 Å². The topological polar surface area (TPSA) is 78.7 Å².